The SMILES string of the molecule is CCOC(=O)N/N=C(/C(=O)OCC)C(F)(F)F. The molecular formula is C8H11F3N2O4. The third kappa shape index (κ3) is 5.73. The number of esters is 1. The lowest BCUT2D eigenvalue weighted by atomic mass is 10.4. The zero-order chi connectivity index (χ0) is 13.5. The lowest BCUT2D eigenvalue weighted by molar-refractivity contribution is -0.139. The van der Waals surface area contributed by atoms with Crippen LogP contribution in [0.25, 0.3) is 0 Å². The number of hydrogen-bond acceptors (Lipinski definition) is 5. The van der Waals surface area contributed by atoms with Crippen molar-refractivity contribution in [2.75, 3.05) is 13.2 Å². The van der Waals surface area contributed by atoms with E-state index < -0.39 is 24.0 Å². The predicted octanol–water partition coefficient (Wildman–Crippen LogP) is 1.21. The van der Waals surface area contributed by atoms with Crippen LogP contribution in [-0.2, 0) is 14.3 Å². The summed E-state index contributed by atoms with van der Waals surface area (Å²) in [5, 5.41) is 2.62. The van der Waals surface area contributed by atoms with Gasteiger partial charge in [0.25, 0.3) is 0 Å². The van der Waals surface area contributed by atoms with Crippen LogP contribution in [0.5, 0.6) is 0 Å². The van der Waals surface area contributed by atoms with E-state index >= 15 is 0 Å². The summed E-state index contributed by atoms with van der Waals surface area (Å²) >= 11 is 0. The number of rotatable bonds is 4. The molecule has 0 aromatic rings. The second-order valence-electron chi connectivity index (χ2n) is 2.51. The molecule has 1 amide bonds. The van der Waals surface area contributed by atoms with Gasteiger partial charge in [0, 0.05) is 0 Å². The largest absolute Gasteiger partial charge is 0.461 e. The maximum absolute atomic E-state index is 12.3. The second-order valence-corrected chi connectivity index (χ2v) is 2.51. The number of halogens is 3. The molecule has 0 aliphatic rings. The Kier molecular flexibility index (Phi) is 6.00. The molecule has 0 aliphatic heterocycles. The molecule has 0 bridgehead atoms. The fourth-order valence-corrected chi connectivity index (χ4v) is 0.689. The van der Waals surface area contributed by atoms with Gasteiger partial charge < -0.3 is 9.47 Å². The van der Waals surface area contributed by atoms with Crippen LogP contribution in [-0.4, -0.2) is 37.2 Å². The number of hydrogen-bond donors (Lipinski definition) is 1. The summed E-state index contributed by atoms with van der Waals surface area (Å²) in [7, 11) is 0. The van der Waals surface area contributed by atoms with Crippen molar-refractivity contribution in [1.82, 2.24) is 5.43 Å². The second kappa shape index (κ2) is 6.71. The average molecular weight is 256 g/mol. The zero-order valence-electron chi connectivity index (χ0n) is 9.13. The molecule has 0 atom stereocenters. The summed E-state index contributed by atoms with van der Waals surface area (Å²) in [4.78, 5) is 21.6. The molecule has 98 valence electrons. The van der Waals surface area contributed by atoms with Crippen molar-refractivity contribution in [3.63, 3.8) is 0 Å². The van der Waals surface area contributed by atoms with E-state index in [1.165, 1.54) is 19.3 Å². The third-order valence-electron chi connectivity index (χ3n) is 1.27. The van der Waals surface area contributed by atoms with Gasteiger partial charge in [-0.05, 0) is 13.8 Å². The number of nitrogens with one attached hydrogen (secondary N) is 1. The molecule has 0 heterocycles. The molecule has 0 aromatic carbocycles. The molecule has 0 saturated heterocycles. The molecule has 0 spiro atoms. The van der Waals surface area contributed by atoms with Crippen molar-refractivity contribution >= 4 is 17.8 Å². The third-order valence-corrected chi connectivity index (χ3v) is 1.27. The van der Waals surface area contributed by atoms with Gasteiger partial charge in [0.05, 0.1) is 13.2 Å². The average Bonchev–Trinajstić information content (AvgIpc) is 2.16. The van der Waals surface area contributed by atoms with Gasteiger partial charge in [0.2, 0.25) is 5.71 Å². The molecule has 1 N–H and O–H groups in total. The minimum Gasteiger partial charge on any atom is -0.461 e. The Morgan fingerprint density at radius 1 is 1.18 bits per heavy atom. The first-order valence-corrected chi connectivity index (χ1v) is 4.57. The topological polar surface area (TPSA) is 77.0 Å². The van der Waals surface area contributed by atoms with Crippen molar-refractivity contribution in [2.45, 2.75) is 20.0 Å². The highest BCUT2D eigenvalue weighted by Crippen LogP contribution is 2.18. The van der Waals surface area contributed by atoms with E-state index in [1.807, 2.05) is 0 Å². The number of ether oxygens (including phenoxy) is 2. The monoisotopic (exact) mass is 256 g/mol. The van der Waals surface area contributed by atoms with Crippen LogP contribution in [0.2, 0.25) is 0 Å². The van der Waals surface area contributed by atoms with Gasteiger partial charge in [-0.25, -0.2) is 15.0 Å². The van der Waals surface area contributed by atoms with E-state index in [0.29, 0.717) is 0 Å². The smallest absolute Gasteiger partial charge is 0.442 e. The molecule has 0 radical (unpaired) electrons. The van der Waals surface area contributed by atoms with Crippen molar-refractivity contribution in [1.29, 1.82) is 0 Å². The summed E-state index contributed by atoms with van der Waals surface area (Å²) < 4.78 is 45.3. The van der Waals surface area contributed by atoms with E-state index in [4.69, 9.17) is 0 Å². The van der Waals surface area contributed by atoms with Crippen LogP contribution in [0.3, 0.4) is 0 Å². The predicted molar refractivity (Wildman–Crippen MR) is 50.3 cm³/mol. The molecule has 17 heavy (non-hydrogen) atoms. The maximum Gasteiger partial charge on any atom is 0.442 e. The Balaban J connectivity index is 4.76. The van der Waals surface area contributed by atoms with Crippen LogP contribution < -0.4 is 5.43 Å². The molecule has 0 rings (SSSR count). The standard InChI is InChI=1S/C8H11F3N2O4/c1-3-16-6(14)5(8(9,10)11)12-13-7(15)17-4-2/h3-4H2,1-2H3,(H,13,15)/b12-5-. The van der Waals surface area contributed by atoms with Crippen molar-refractivity contribution in [3.8, 4) is 0 Å². The van der Waals surface area contributed by atoms with Crippen LogP contribution in [0.1, 0.15) is 13.8 Å². The Labute approximate surface area is 94.8 Å². The molecule has 0 aromatic heterocycles. The molecule has 0 saturated carbocycles. The minimum absolute atomic E-state index is 0.0396. The number of hydrazone groups is 1. The summed E-state index contributed by atoms with van der Waals surface area (Å²) in [6, 6.07) is 0. The quantitative estimate of drug-likeness (QED) is 0.466. The summed E-state index contributed by atoms with van der Waals surface area (Å²) in [5.41, 5.74) is -0.419. The Hall–Kier alpha value is -1.80. The highest BCUT2D eigenvalue weighted by atomic mass is 19.4. The molecule has 0 aliphatic carbocycles. The molecule has 9 heteroatoms. The van der Waals surface area contributed by atoms with E-state index in [9.17, 15) is 22.8 Å². The van der Waals surface area contributed by atoms with E-state index in [1.54, 1.807) is 0 Å². The van der Waals surface area contributed by atoms with E-state index in [-0.39, 0.29) is 13.2 Å². The van der Waals surface area contributed by atoms with Crippen molar-refractivity contribution in [2.24, 2.45) is 5.10 Å². The van der Waals surface area contributed by atoms with E-state index in [0.717, 1.165) is 0 Å². The first-order chi connectivity index (χ1) is 7.82. The molecule has 6 nitrogen and oxygen atoms in total. The minimum atomic E-state index is -5.02. The zero-order valence-corrected chi connectivity index (χ0v) is 9.13. The lowest BCUT2D eigenvalue weighted by Gasteiger charge is -2.09. The summed E-state index contributed by atoms with van der Waals surface area (Å²) in [5.74, 6) is -1.67. The van der Waals surface area contributed by atoms with Gasteiger partial charge in [-0.3, -0.25) is 0 Å². The van der Waals surface area contributed by atoms with Crippen LogP contribution in [0.15, 0.2) is 5.10 Å². The van der Waals surface area contributed by atoms with Crippen LogP contribution >= 0.6 is 0 Å². The first-order valence-electron chi connectivity index (χ1n) is 4.57. The van der Waals surface area contributed by atoms with Gasteiger partial charge in [0.15, 0.2) is 0 Å². The van der Waals surface area contributed by atoms with Gasteiger partial charge in [-0.15, -0.1) is 0 Å². The van der Waals surface area contributed by atoms with Crippen molar-refractivity contribution in [3.05, 3.63) is 0 Å². The lowest BCUT2D eigenvalue weighted by Crippen LogP contribution is -2.35. The fraction of sp³-hybridized carbons (Fsp3) is 0.625. The highest BCUT2D eigenvalue weighted by Gasteiger charge is 2.42. The van der Waals surface area contributed by atoms with Gasteiger partial charge in [-0.1, -0.05) is 0 Å². The number of carbonyl (C=O) groups is 2. The fourth-order valence-electron chi connectivity index (χ4n) is 0.689. The number of carbonyl (C=O) groups excluding carboxylic acids is 2. The van der Waals surface area contributed by atoms with Crippen LogP contribution in [0.4, 0.5) is 18.0 Å². The number of alkyl halides is 3. The molecular weight excluding hydrogens is 245 g/mol. The van der Waals surface area contributed by atoms with Gasteiger partial charge >= 0.3 is 18.2 Å². The van der Waals surface area contributed by atoms with Crippen LogP contribution in [0, 0.1) is 0 Å². The van der Waals surface area contributed by atoms with E-state index in [2.05, 4.69) is 14.6 Å². The maximum atomic E-state index is 12.3. The van der Waals surface area contributed by atoms with Crippen molar-refractivity contribution < 1.29 is 32.2 Å². The van der Waals surface area contributed by atoms with Gasteiger partial charge in [-0.2, -0.15) is 18.3 Å². The molecule has 0 unspecified atom stereocenters. The first kappa shape index (κ1) is 15.2. The van der Waals surface area contributed by atoms with Gasteiger partial charge in [0.1, 0.15) is 0 Å². The number of amides is 1. The Morgan fingerprint density at radius 2 is 1.71 bits per heavy atom. The summed E-state index contributed by atoms with van der Waals surface area (Å²) in [6.45, 7) is 2.51. The molecule has 0 fully saturated rings. The highest BCUT2D eigenvalue weighted by molar-refractivity contribution is 6.38. The Bertz CT molecular complexity index is 314. The normalized spacial score (nSPS) is 11.9. The summed E-state index contributed by atoms with van der Waals surface area (Å²) in [6.07, 6.45) is -6.22. The number of nitrogens with zero attached hydrogens (tertiary/aromatic N) is 1. The Morgan fingerprint density at radius 3 is 2.12 bits per heavy atom.